The van der Waals surface area contributed by atoms with Crippen LogP contribution >= 0.6 is 0 Å². The van der Waals surface area contributed by atoms with Crippen LogP contribution in [0.15, 0.2) is 42.9 Å². The number of aromatic hydroxyl groups is 1. The number of carboxylic acid groups (broad SMARTS) is 2. The van der Waals surface area contributed by atoms with Gasteiger partial charge in [-0.1, -0.05) is 12.1 Å². The zero-order chi connectivity index (χ0) is 15.0. The molecule has 0 amide bonds. The van der Waals surface area contributed by atoms with E-state index in [2.05, 4.69) is 9.97 Å². The zero-order valence-corrected chi connectivity index (χ0v) is 11.7. The Labute approximate surface area is 130 Å². The molecule has 0 saturated carbocycles. The number of imidazole rings is 1. The number of nitrogens with zero attached hydrogens (tertiary/aromatic N) is 1. The monoisotopic (exact) mass is 329 g/mol. The molecule has 0 bridgehead atoms. The Morgan fingerprint density at radius 1 is 1.24 bits per heavy atom. The molecule has 0 fully saturated rings. The minimum absolute atomic E-state index is 0. The van der Waals surface area contributed by atoms with Crippen molar-refractivity contribution >= 4 is 18.0 Å². The van der Waals surface area contributed by atoms with Gasteiger partial charge in [-0.15, -0.1) is 0 Å². The van der Waals surface area contributed by atoms with Crippen molar-refractivity contribution in [3.05, 3.63) is 54.1 Å². The number of carboxylic acids is 2. The summed E-state index contributed by atoms with van der Waals surface area (Å²) in [5.74, 6) is -2.84. The van der Waals surface area contributed by atoms with Crippen molar-refractivity contribution < 1.29 is 42.0 Å². The Bertz CT molecular complexity index is 611. The molecule has 0 unspecified atom stereocenters. The molecule has 0 atom stereocenters. The summed E-state index contributed by atoms with van der Waals surface area (Å²) in [5, 5.41) is 28.9. The molecule has 0 aliphatic rings. The minimum atomic E-state index is -1.36. The van der Waals surface area contributed by atoms with E-state index in [1.54, 1.807) is 12.3 Å². The van der Waals surface area contributed by atoms with Crippen molar-refractivity contribution in [3.63, 3.8) is 0 Å². The van der Waals surface area contributed by atoms with Crippen molar-refractivity contribution in [2.75, 3.05) is 0 Å². The van der Waals surface area contributed by atoms with E-state index in [1.807, 2.05) is 0 Å². The summed E-state index contributed by atoms with van der Waals surface area (Å²) in [7, 11) is 0. The summed E-state index contributed by atoms with van der Waals surface area (Å²) in [6, 6.07) is 5.64. The number of aliphatic carboxylic acids is 1. The minimum Gasteiger partial charge on any atom is -0.545 e. The number of aromatic nitrogens is 2. The standard InChI is InChI=1S/C7H6O3.C6H6N2O2.Mn/c8-6-4-2-1-3-5(6)7(9)10;9-6(10)2-1-5-3-7-4-8-5;/h1-4,8H,(H,9,10);1-4H,(H,7,8)(H,9,10);/q;;+2/p-2. The first kappa shape index (κ1) is 18.4. The van der Waals surface area contributed by atoms with Gasteiger partial charge in [-0.3, -0.25) is 0 Å². The Kier molecular flexibility index (Phi) is 8.21. The molecule has 2 N–H and O–H groups in total. The second-order valence-corrected chi connectivity index (χ2v) is 3.45. The van der Waals surface area contributed by atoms with Crippen LogP contribution in [0.1, 0.15) is 16.1 Å². The number of hydrogen-bond acceptors (Lipinski definition) is 6. The maximum Gasteiger partial charge on any atom is 2.00 e. The van der Waals surface area contributed by atoms with Crippen molar-refractivity contribution in [1.29, 1.82) is 0 Å². The van der Waals surface area contributed by atoms with E-state index < -0.39 is 11.9 Å². The van der Waals surface area contributed by atoms with E-state index >= 15 is 0 Å². The van der Waals surface area contributed by atoms with Gasteiger partial charge in [-0.2, -0.15) is 0 Å². The molecule has 1 aromatic heterocycles. The van der Waals surface area contributed by atoms with Crippen molar-refractivity contribution in [1.82, 2.24) is 9.97 Å². The van der Waals surface area contributed by atoms with Crippen LogP contribution in [0.2, 0.25) is 0 Å². The number of aromatic carboxylic acids is 1. The molecule has 2 rings (SSSR count). The summed E-state index contributed by atoms with van der Waals surface area (Å²) in [4.78, 5) is 26.4. The third-order valence-corrected chi connectivity index (χ3v) is 2.03. The molecule has 2 aromatic rings. The fourth-order valence-electron chi connectivity index (χ4n) is 1.16. The van der Waals surface area contributed by atoms with Crippen LogP contribution in [0.5, 0.6) is 5.75 Å². The number of carbonyl (C=O) groups excluding carboxylic acids is 2. The van der Waals surface area contributed by atoms with Crippen LogP contribution in [0.25, 0.3) is 6.08 Å². The number of benzene rings is 1. The molecule has 0 aliphatic carbocycles. The van der Waals surface area contributed by atoms with Gasteiger partial charge >= 0.3 is 17.1 Å². The quantitative estimate of drug-likeness (QED) is 0.545. The van der Waals surface area contributed by atoms with Crippen LogP contribution in [0.3, 0.4) is 0 Å². The fourth-order valence-corrected chi connectivity index (χ4v) is 1.16. The van der Waals surface area contributed by atoms with Crippen LogP contribution < -0.4 is 10.2 Å². The number of phenols is 1. The molecule has 109 valence electrons. The summed E-state index contributed by atoms with van der Waals surface area (Å²) in [6.07, 6.45) is 5.33. The summed E-state index contributed by atoms with van der Waals surface area (Å²) in [5.41, 5.74) is 0.395. The van der Waals surface area contributed by atoms with Crippen LogP contribution in [0.4, 0.5) is 0 Å². The van der Waals surface area contributed by atoms with Gasteiger partial charge in [0.05, 0.1) is 24.0 Å². The van der Waals surface area contributed by atoms with Crippen molar-refractivity contribution in [2.45, 2.75) is 0 Å². The molecule has 21 heavy (non-hydrogen) atoms. The fraction of sp³-hybridized carbons (Fsp3) is 0. The third-order valence-electron chi connectivity index (χ3n) is 2.03. The zero-order valence-electron chi connectivity index (χ0n) is 10.5. The normalized spacial score (nSPS) is 9.33. The van der Waals surface area contributed by atoms with E-state index in [0.717, 1.165) is 6.08 Å². The van der Waals surface area contributed by atoms with E-state index in [1.165, 1.54) is 30.6 Å². The van der Waals surface area contributed by atoms with Crippen molar-refractivity contribution in [2.24, 2.45) is 0 Å². The summed E-state index contributed by atoms with van der Waals surface area (Å²) >= 11 is 0. The average Bonchev–Trinajstić information content (AvgIpc) is 2.90. The van der Waals surface area contributed by atoms with Gasteiger partial charge in [0.2, 0.25) is 0 Å². The maximum atomic E-state index is 10.2. The van der Waals surface area contributed by atoms with Crippen LogP contribution in [-0.2, 0) is 21.9 Å². The second-order valence-electron chi connectivity index (χ2n) is 3.45. The van der Waals surface area contributed by atoms with E-state index in [0.29, 0.717) is 5.69 Å². The predicted octanol–water partition coefficient (Wildman–Crippen LogP) is -1.07. The average molecular weight is 329 g/mol. The second kappa shape index (κ2) is 9.35. The molecule has 1 aromatic carbocycles. The predicted molar refractivity (Wildman–Crippen MR) is 65.1 cm³/mol. The van der Waals surface area contributed by atoms with E-state index in [-0.39, 0.29) is 28.4 Å². The van der Waals surface area contributed by atoms with Gasteiger partial charge < -0.3 is 29.9 Å². The van der Waals surface area contributed by atoms with Crippen molar-refractivity contribution in [3.8, 4) is 5.75 Å². The topological polar surface area (TPSA) is 129 Å². The number of nitrogens with one attached hydrogen (secondary N) is 1. The number of H-pyrrole nitrogens is 1. The van der Waals surface area contributed by atoms with Gasteiger partial charge in [0.1, 0.15) is 5.75 Å². The molecule has 8 heteroatoms. The first-order valence-corrected chi connectivity index (χ1v) is 5.38. The van der Waals surface area contributed by atoms with Gasteiger partial charge in [0, 0.05) is 11.8 Å². The molecule has 1 heterocycles. The number of hydrogen-bond donors (Lipinski definition) is 2. The maximum absolute atomic E-state index is 10.2. The Hall–Kier alpha value is -2.57. The molecular formula is C13H10MnN2O5. The van der Waals surface area contributed by atoms with Gasteiger partial charge in [0.15, 0.2) is 0 Å². The molecule has 0 spiro atoms. The molecular weight excluding hydrogens is 319 g/mol. The molecule has 7 nitrogen and oxygen atoms in total. The SMILES string of the molecule is O=C([O-])C=Cc1c[nH]cn1.O=C([O-])c1ccccc1O.[Mn+2]. The molecule has 0 aliphatic heterocycles. The first-order chi connectivity index (χ1) is 9.50. The molecule has 0 saturated heterocycles. The largest absolute Gasteiger partial charge is 2.00 e. The van der Waals surface area contributed by atoms with Crippen LogP contribution in [-0.4, -0.2) is 27.0 Å². The third kappa shape index (κ3) is 6.95. The first-order valence-electron chi connectivity index (χ1n) is 5.38. The van der Waals surface area contributed by atoms with Crippen LogP contribution in [0, 0.1) is 0 Å². The number of carbonyl (C=O) groups is 2. The van der Waals surface area contributed by atoms with Gasteiger partial charge in [-0.05, 0) is 24.3 Å². The summed E-state index contributed by atoms with van der Waals surface area (Å²) < 4.78 is 0. The number of aromatic amines is 1. The Morgan fingerprint density at radius 3 is 2.33 bits per heavy atom. The van der Waals surface area contributed by atoms with E-state index in [9.17, 15) is 19.8 Å². The van der Waals surface area contributed by atoms with E-state index in [4.69, 9.17) is 5.11 Å². The Morgan fingerprint density at radius 2 is 1.90 bits per heavy atom. The number of para-hydroxylation sites is 1. The van der Waals surface area contributed by atoms with Gasteiger partial charge in [0.25, 0.3) is 0 Å². The van der Waals surface area contributed by atoms with Gasteiger partial charge in [-0.25, -0.2) is 4.98 Å². The Balaban J connectivity index is 0.000000364. The number of rotatable bonds is 3. The molecule has 1 radical (unpaired) electrons. The summed E-state index contributed by atoms with van der Waals surface area (Å²) in [6.45, 7) is 0. The smallest absolute Gasteiger partial charge is 0.545 e.